The van der Waals surface area contributed by atoms with Gasteiger partial charge in [0, 0.05) is 12.7 Å². The fraction of sp³-hybridized carbons (Fsp3) is 0.615. The molecule has 2 nitrogen and oxygen atoms in total. The van der Waals surface area contributed by atoms with Crippen LogP contribution in [-0.4, -0.2) is 11.5 Å². The first kappa shape index (κ1) is 13.2. The molecule has 0 aromatic carbocycles. The van der Waals surface area contributed by atoms with E-state index in [9.17, 15) is 0 Å². The Morgan fingerprint density at radius 1 is 1.35 bits per heavy atom. The van der Waals surface area contributed by atoms with Crippen LogP contribution in [0.3, 0.4) is 0 Å². The number of hydrogen-bond acceptors (Lipinski definition) is 2. The largest absolute Gasteiger partial charge is 0.369 e. The van der Waals surface area contributed by atoms with Crippen molar-refractivity contribution in [3.63, 3.8) is 0 Å². The van der Waals surface area contributed by atoms with E-state index in [4.69, 9.17) is 11.6 Å². The minimum absolute atomic E-state index is 0.662. The number of halogens is 2. The fourth-order valence-electron chi connectivity index (χ4n) is 2.42. The zero-order valence-corrected chi connectivity index (χ0v) is 12.2. The van der Waals surface area contributed by atoms with Crippen LogP contribution in [-0.2, 0) is 0 Å². The van der Waals surface area contributed by atoms with Crippen molar-refractivity contribution < 1.29 is 0 Å². The first-order valence-corrected chi connectivity index (χ1v) is 7.48. The van der Waals surface area contributed by atoms with Crippen LogP contribution in [0.1, 0.15) is 38.5 Å². The van der Waals surface area contributed by atoms with Gasteiger partial charge in [0.2, 0.25) is 0 Å². The SMILES string of the molecule is Clc1cnc(NCCC2CCCCC2)c(Br)c1. The molecule has 0 radical (unpaired) electrons. The highest BCUT2D eigenvalue weighted by atomic mass is 79.9. The van der Waals surface area contributed by atoms with E-state index in [2.05, 4.69) is 26.2 Å². The molecule has 1 N–H and O–H groups in total. The summed E-state index contributed by atoms with van der Waals surface area (Å²) in [6.45, 7) is 0.998. The lowest BCUT2D eigenvalue weighted by Crippen LogP contribution is -2.12. The quantitative estimate of drug-likeness (QED) is 0.856. The predicted molar refractivity (Wildman–Crippen MR) is 76.6 cm³/mol. The van der Waals surface area contributed by atoms with E-state index in [1.54, 1.807) is 6.20 Å². The molecule has 1 fully saturated rings. The maximum absolute atomic E-state index is 5.85. The van der Waals surface area contributed by atoms with Gasteiger partial charge in [-0.2, -0.15) is 0 Å². The van der Waals surface area contributed by atoms with Crippen molar-refractivity contribution in [3.8, 4) is 0 Å². The minimum atomic E-state index is 0.662. The first-order chi connectivity index (χ1) is 8.25. The van der Waals surface area contributed by atoms with E-state index in [1.807, 2.05) is 6.07 Å². The van der Waals surface area contributed by atoms with Gasteiger partial charge >= 0.3 is 0 Å². The van der Waals surface area contributed by atoms with Crippen molar-refractivity contribution in [3.05, 3.63) is 21.8 Å². The Kier molecular flexibility index (Phi) is 5.11. The second-order valence-corrected chi connectivity index (χ2v) is 5.99. The molecule has 0 atom stereocenters. The van der Waals surface area contributed by atoms with E-state index < -0.39 is 0 Å². The minimum Gasteiger partial charge on any atom is -0.369 e. The third kappa shape index (κ3) is 4.14. The van der Waals surface area contributed by atoms with E-state index >= 15 is 0 Å². The van der Waals surface area contributed by atoms with Crippen LogP contribution in [0.25, 0.3) is 0 Å². The summed E-state index contributed by atoms with van der Waals surface area (Å²) in [6.07, 6.45) is 9.97. The molecule has 0 unspecified atom stereocenters. The Bertz CT molecular complexity index is 364. The van der Waals surface area contributed by atoms with E-state index in [1.165, 1.54) is 38.5 Å². The van der Waals surface area contributed by atoms with Crippen LogP contribution >= 0.6 is 27.5 Å². The highest BCUT2D eigenvalue weighted by molar-refractivity contribution is 9.10. The summed E-state index contributed by atoms with van der Waals surface area (Å²) in [5.41, 5.74) is 0. The van der Waals surface area contributed by atoms with Gasteiger partial charge in [-0.25, -0.2) is 4.98 Å². The van der Waals surface area contributed by atoms with Gasteiger partial charge in [0.1, 0.15) is 5.82 Å². The molecule has 2 rings (SSSR count). The van der Waals surface area contributed by atoms with Crippen LogP contribution in [0.2, 0.25) is 5.02 Å². The Morgan fingerprint density at radius 3 is 2.82 bits per heavy atom. The number of nitrogens with one attached hydrogen (secondary N) is 1. The fourth-order valence-corrected chi connectivity index (χ4v) is 3.19. The number of nitrogens with zero attached hydrogens (tertiary/aromatic N) is 1. The van der Waals surface area contributed by atoms with Crippen LogP contribution in [0, 0.1) is 5.92 Å². The van der Waals surface area contributed by atoms with Crippen molar-refractivity contribution in [2.75, 3.05) is 11.9 Å². The zero-order chi connectivity index (χ0) is 12.1. The first-order valence-electron chi connectivity index (χ1n) is 6.30. The summed E-state index contributed by atoms with van der Waals surface area (Å²) in [5, 5.41) is 4.03. The normalized spacial score (nSPS) is 17.1. The van der Waals surface area contributed by atoms with Gasteiger partial charge in [-0.05, 0) is 34.3 Å². The van der Waals surface area contributed by atoms with Gasteiger partial charge in [0.05, 0.1) is 9.50 Å². The number of hydrogen-bond donors (Lipinski definition) is 1. The summed E-state index contributed by atoms with van der Waals surface area (Å²) in [6, 6.07) is 1.87. The van der Waals surface area contributed by atoms with Gasteiger partial charge in [-0.3, -0.25) is 0 Å². The van der Waals surface area contributed by atoms with Crippen molar-refractivity contribution in [2.45, 2.75) is 38.5 Å². The summed E-state index contributed by atoms with van der Waals surface area (Å²) in [5.74, 6) is 1.80. The summed E-state index contributed by atoms with van der Waals surface area (Å²) < 4.78 is 0.939. The molecule has 17 heavy (non-hydrogen) atoms. The smallest absolute Gasteiger partial charge is 0.140 e. The summed E-state index contributed by atoms with van der Waals surface area (Å²) >= 11 is 9.32. The van der Waals surface area contributed by atoms with E-state index in [-0.39, 0.29) is 0 Å². The number of anilines is 1. The Morgan fingerprint density at radius 2 is 2.12 bits per heavy atom. The molecule has 0 spiro atoms. The standard InChI is InChI=1S/C13H18BrClN2/c14-12-8-11(15)9-17-13(12)16-7-6-10-4-2-1-3-5-10/h8-10H,1-7H2,(H,16,17). The van der Waals surface area contributed by atoms with Crippen LogP contribution in [0.15, 0.2) is 16.7 Å². The second-order valence-electron chi connectivity index (χ2n) is 4.70. The molecule has 1 heterocycles. The molecule has 1 aliphatic carbocycles. The van der Waals surface area contributed by atoms with Crippen molar-refractivity contribution in [1.82, 2.24) is 4.98 Å². The maximum Gasteiger partial charge on any atom is 0.140 e. The van der Waals surface area contributed by atoms with Crippen LogP contribution in [0.5, 0.6) is 0 Å². The lowest BCUT2D eigenvalue weighted by molar-refractivity contribution is 0.345. The van der Waals surface area contributed by atoms with Gasteiger partial charge < -0.3 is 5.32 Å². The number of rotatable bonds is 4. The predicted octanol–water partition coefficient (Wildman–Crippen LogP) is 4.88. The summed E-state index contributed by atoms with van der Waals surface area (Å²) in [4.78, 5) is 4.27. The third-order valence-electron chi connectivity index (χ3n) is 3.38. The molecule has 0 bridgehead atoms. The molecule has 1 aliphatic rings. The lowest BCUT2D eigenvalue weighted by Gasteiger charge is -2.21. The van der Waals surface area contributed by atoms with E-state index in [0.29, 0.717) is 5.02 Å². The summed E-state index contributed by atoms with van der Waals surface area (Å²) in [7, 11) is 0. The number of aromatic nitrogens is 1. The molecule has 4 heteroatoms. The van der Waals surface area contributed by atoms with Gasteiger partial charge in [0.15, 0.2) is 0 Å². The van der Waals surface area contributed by atoms with Gasteiger partial charge in [-0.1, -0.05) is 43.7 Å². The molecule has 0 saturated heterocycles. The average Bonchev–Trinajstić information content (AvgIpc) is 2.33. The maximum atomic E-state index is 5.85. The monoisotopic (exact) mass is 316 g/mol. The molecular weight excluding hydrogens is 300 g/mol. The Balaban J connectivity index is 1.77. The van der Waals surface area contributed by atoms with Crippen molar-refractivity contribution in [1.29, 1.82) is 0 Å². The van der Waals surface area contributed by atoms with Gasteiger partial charge in [0.25, 0.3) is 0 Å². The van der Waals surface area contributed by atoms with Crippen LogP contribution < -0.4 is 5.32 Å². The van der Waals surface area contributed by atoms with Gasteiger partial charge in [-0.15, -0.1) is 0 Å². The molecule has 0 aliphatic heterocycles. The lowest BCUT2D eigenvalue weighted by atomic mass is 9.87. The van der Waals surface area contributed by atoms with Crippen molar-refractivity contribution in [2.24, 2.45) is 5.92 Å². The highest BCUT2D eigenvalue weighted by Crippen LogP contribution is 2.27. The van der Waals surface area contributed by atoms with E-state index in [0.717, 1.165) is 22.8 Å². The highest BCUT2D eigenvalue weighted by Gasteiger charge is 2.13. The molecular formula is C13H18BrClN2. The molecule has 1 saturated carbocycles. The van der Waals surface area contributed by atoms with Crippen LogP contribution in [0.4, 0.5) is 5.82 Å². The van der Waals surface area contributed by atoms with Crippen molar-refractivity contribution >= 4 is 33.3 Å². The molecule has 0 amide bonds. The molecule has 94 valence electrons. The topological polar surface area (TPSA) is 24.9 Å². The molecule has 1 aromatic rings. The Labute approximate surface area is 116 Å². The molecule has 1 aromatic heterocycles. The average molecular weight is 318 g/mol. The Hall–Kier alpha value is -0.280. The third-order valence-corrected chi connectivity index (χ3v) is 4.19. The second kappa shape index (κ2) is 6.60. The number of pyridine rings is 1. The zero-order valence-electron chi connectivity index (χ0n) is 9.88.